The maximum absolute atomic E-state index is 13.6. The van der Waals surface area contributed by atoms with Crippen LogP contribution in [0.3, 0.4) is 0 Å². The Balaban J connectivity index is 2.43. The molecule has 0 radical (unpaired) electrons. The van der Waals surface area contributed by atoms with Crippen molar-refractivity contribution in [3.8, 4) is 5.69 Å². The van der Waals surface area contributed by atoms with Crippen molar-refractivity contribution in [1.29, 1.82) is 0 Å². The van der Waals surface area contributed by atoms with E-state index in [1.54, 1.807) is 25.1 Å². The molecular formula is C17H18F3N3O3. The lowest BCUT2D eigenvalue weighted by Gasteiger charge is -2.19. The molecule has 0 atom stereocenters. The van der Waals surface area contributed by atoms with Crippen LogP contribution < -0.4 is 5.32 Å². The van der Waals surface area contributed by atoms with Gasteiger partial charge in [0.1, 0.15) is 0 Å². The van der Waals surface area contributed by atoms with E-state index in [1.807, 2.05) is 0 Å². The zero-order valence-electron chi connectivity index (χ0n) is 14.4. The van der Waals surface area contributed by atoms with Crippen molar-refractivity contribution in [3.05, 3.63) is 47.3 Å². The zero-order valence-corrected chi connectivity index (χ0v) is 14.4. The molecule has 0 aliphatic heterocycles. The second-order valence-corrected chi connectivity index (χ2v) is 6.47. The van der Waals surface area contributed by atoms with Crippen molar-refractivity contribution >= 4 is 11.9 Å². The molecule has 26 heavy (non-hydrogen) atoms. The van der Waals surface area contributed by atoms with Gasteiger partial charge in [-0.1, -0.05) is 18.2 Å². The normalized spacial score (nSPS) is 12.1. The number of aliphatic carboxylic acids is 1. The molecule has 0 unspecified atom stereocenters. The van der Waals surface area contributed by atoms with Crippen LogP contribution >= 0.6 is 0 Å². The van der Waals surface area contributed by atoms with Gasteiger partial charge in [-0.15, -0.1) is 0 Å². The van der Waals surface area contributed by atoms with Crippen molar-refractivity contribution in [1.82, 2.24) is 15.1 Å². The smallest absolute Gasteiger partial charge is 0.434 e. The third-order valence-corrected chi connectivity index (χ3v) is 3.90. The van der Waals surface area contributed by atoms with Gasteiger partial charge in [0.2, 0.25) is 0 Å². The Morgan fingerprint density at radius 1 is 1.23 bits per heavy atom. The topological polar surface area (TPSA) is 84.2 Å². The quantitative estimate of drug-likeness (QED) is 0.849. The molecule has 0 spiro atoms. The van der Waals surface area contributed by atoms with Crippen LogP contribution in [-0.4, -0.2) is 33.3 Å². The molecule has 1 aromatic carbocycles. The number of halogens is 3. The van der Waals surface area contributed by atoms with Gasteiger partial charge < -0.3 is 10.4 Å². The van der Waals surface area contributed by atoms with E-state index in [0.29, 0.717) is 10.2 Å². The first-order valence-electron chi connectivity index (χ1n) is 7.68. The van der Waals surface area contributed by atoms with E-state index in [1.165, 1.54) is 19.9 Å². The standard InChI is InChI=1S/C17H18F3N3O3/c1-10-6-4-5-7-12(10)23-13(17(18,19)20)11(8-22-23)14(24)21-9-16(2,3)15(25)26/h4-8H,9H2,1-3H3,(H,21,24)(H,25,26). The monoisotopic (exact) mass is 369 g/mol. The van der Waals surface area contributed by atoms with Crippen molar-refractivity contribution in [3.63, 3.8) is 0 Å². The molecule has 2 rings (SSSR count). The van der Waals surface area contributed by atoms with Crippen LogP contribution in [0.1, 0.15) is 35.5 Å². The van der Waals surface area contributed by atoms with Crippen molar-refractivity contribution < 1.29 is 27.9 Å². The summed E-state index contributed by atoms with van der Waals surface area (Å²) in [4.78, 5) is 23.3. The maximum Gasteiger partial charge on any atom is 0.434 e. The number of rotatable bonds is 5. The number of alkyl halides is 3. The molecule has 2 N–H and O–H groups in total. The number of carbonyl (C=O) groups is 2. The fourth-order valence-electron chi connectivity index (χ4n) is 2.24. The molecule has 1 aromatic heterocycles. The highest BCUT2D eigenvalue weighted by molar-refractivity contribution is 5.95. The summed E-state index contributed by atoms with van der Waals surface area (Å²) in [5.41, 5.74) is -2.44. The molecule has 6 nitrogen and oxygen atoms in total. The van der Waals surface area contributed by atoms with Crippen LogP contribution in [0, 0.1) is 12.3 Å². The lowest BCUT2D eigenvalue weighted by atomic mass is 9.94. The SMILES string of the molecule is Cc1ccccc1-n1ncc(C(=O)NCC(C)(C)C(=O)O)c1C(F)(F)F. The predicted molar refractivity (Wildman–Crippen MR) is 87.1 cm³/mol. The van der Waals surface area contributed by atoms with E-state index in [0.717, 1.165) is 6.20 Å². The highest BCUT2D eigenvalue weighted by atomic mass is 19.4. The summed E-state index contributed by atoms with van der Waals surface area (Å²) in [6.45, 7) is 4.02. The van der Waals surface area contributed by atoms with Crippen LogP contribution in [0.25, 0.3) is 5.69 Å². The maximum atomic E-state index is 13.6. The number of carboxylic acids is 1. The Morgan fingerprint density at radius 3 is 2.38 bits per heavy atom. The van der Waals surface area contributed by atoms with Crippen LogP contribution in [0.5, 0.6) is 0 Å². The minimum atomic E-state index is -4.83. The van der Waals surface area contributed by atoms with Crippen LogP contribution in [0.2, 0.25) is 0 Å². The molecule has 0 aliphatic carbocycles. The Hall–Kier alpha value is -2.84. The number of nitrogens with one attached hydrogen (secondary N) is 1. The predicted octanol–water partition coefficient (Wildman–Crippen LogP) is 3.04. The first kappa shape index (κ1) is 19.5. The third-order valence-electron chi connectivity index (χ3n) is 3.90. The largest absolute Gasteiger partial charge is 0.481 e. The Morgan fingerprint density at radius 2 is 1.85 bits per heavy atom. The van der Waals surface area contributed by atoms with Crippen LogP contribution in [-0.2, 0) is 11.0 Å². The van der Waals surface area contributed by atoms with E-state index in [9.17, 15) is 22.8 Å². The molecule has 0 bridgehead atoms. The molecule has 1 heterocycles. The first-order chi connectivity index (χ1) is 11.9. The number of benzene rings is 1. The number of hydrogen-bond donors (Lipinski definition) is 2. The molecule has 140 valence electrons. The summed E-state index contributed by atoms with van der Waals surface area (Å²) < 4.78 is 41.4. The second kappa shape index (κ2) is 6.81. The summed E-state index contributed by atoms with van der Waals surface area (Å²) in [6.07, 6.45) is -3.99. The average molecular weight is 369 g/mol. The lowest BCUT2D eigenvalue weighted by Crippen LogP contribution is -2.39. The number of carboxylic acid groups (broad SMARTS) is 1. The number of para-hydroxylation sites is 1. The molecule has 0 saturated carbocycles. The Kier molecular flexibility index (Phi) is 5.11. The summed E-state index contributed by atoms with van der Waals surface area (Å²) in [6, 6.07) is 6.34. The fourth-order valence-corrected chi connectivity index (χ4v) is 2.24. The van der Waals surface area contributed by atoms with E-state index in [2.05, 4.69) is 10.4 Å². The van der Waals surface area contributed by atoms with E-state index in [4.69, 9.17) is 5.11 Å². The van der Waals surface area contributed by atoms with Crippen molar-refractivity contribution in [2.24, 2.45) is 5.41 Å². The highest BCUT2D eigenvalue weighted by Crippen LogP contribution is 2.34. The number of amides is 1. The van der Waals surface area contributed by atoms with E-state index in [-0.39, 0.29) is 12.2 Å². The molecule has 0 fully saturated rings. The summed E-state index contributed by atoms with van der Waals surface area (Å²) in [7, 11) is 0. The van der Waals surface area contributed by atoms with Gasteiger partial charge in [-0.3, -0.25) is 9.59 Å². The average Bonchev–Trinajstić information content (AvgIpc) is 2.98. The van der Waals surface area contributed by atoms with E-state index < -0.39 is 34.7 Å². The van der Waals surface area contributed by atoms with Gasteiger partial charge >= 0.3 is 12.1 Å². The van der Waals surface area contributed by atoms with Crippen molar-refractivity contribution in [2.75, 3.05) is 6.54 Å². The molecule has 1 amide bonds. The minimum absolute atomic E-state index is 0.199. The fraction of sp³-hybridized carbons (Fsp3) is 0.353. The van der Waals surface area contributed by atoms with Crippen molar-refractivity contribution in [2.45, 2.75) is 26.9 Å². The number of aryl methyl sites for hydroxylation is 1. The highest BCUT2D eigenvalue weighted by Gasteiger charge is 2.41. The van der Waals surface area contributed by atoms with E-state index >= 15 is 0 Å². The molecule has 9 heteroatoms. The lowest BCUT2D eigenvalue weighted by molar-refractivity contribution is -0.146. The van der Waals surface area contributed by atoms with Gasteiger partial charge in [0.15, 0.2) is 5.69 Å². The Labute approximate surface area is 147 Å². The van der Waals surface area contributed by atoms with Gasteiger partial charge in [-0.25, -0.2) is 4.68 Å². The van der Waals surface area contributed by atoms with Gasteiger partial charge in [-0.2, -0.15) is 18.3 Å². The van der Waals surface area contributed by atoms with Gasteiger partial charge in [0.25, 0.3) is 5.91 Å². The van der Waals surface area contributed by atoms with Crippen LogP contribution in [0.4, 0.5) is 13.2 Å². The Bertz CT molecular complexity index is 841. The van der Waals surface area contributed by atoms with Crippen LogP contribution in [0.15, 0.2) is 30.5 Å². The third kappa shape index (κ3) is 3.87. The number of nitrogens with zero attached hydrogens (tertiary/aromatic N) is 2. The molecule has 2 aromatic rings. The number of carbonyl (C=O) groups excluding carboxylic acids is 1. The van der Waals surface area contributed by atoms with Gasteiger partial charge in [0.05, 0.1) is 22.9 Å². The summed E-state index contributed by atoms with van der Waals surface area (Å²) in [5.74, 6) is -2.21. The first-order valence-corrected chi connectivity index (χ1v) is 7.68. The molecule has 0 aliphatic rings. The summed E-state index contributed by atoms with van der Waals surface area (Å²) in [5, 5.41) is 15.0. The summed E-state index contributed by atoms with van der Waals surface area (Å²) >= 11 is 0. The van der Waals surface area contributed by atoms with Gasteiger partial charge in [-0.05, 0) is 32.4 Å². The number of hydrogen-bond acceptors (Lipinski definition) is 3. The molecule has 0 saturated heterocycles. The molecular weight excluding hydrogens is 351 g/mol. The number of aromatic nitrogens is 2. The van der Waals surface area contributed by atoms with Gasteiger partial charge in [0, 0.05) is 6.54 Å². The minimum Gasteiger partial charge on any atom is -0.481 e. The zero-order chi connectivity index (χ0) is 19.7. The second-order valence-electron chi connectivity index (χ2n) is 6.47.